The number of nitrogens with two attached hydrogens (primary N) is 1. The minimum absolute atomic E-state index is 0.290. The average molecular weight is 372 g/mol. The number of nitrogens with zero attached hydrogens (tertiary/aromatic N) is 2. The number of hydrogen-bond acceptors (Lipinski definition) is 4. The van der Waals surface area contributed by atoms with Gasteiger partial charge in [0.1, 0.15) is 0 Å². The lowest BCUT2D eigenvalue weighted by molar-refractivity contribution is 0.145. The fraction of sp³-hybridized carbons (Fsp3) is 0.316. The molecule has 0 aliphatic heterocycles. The number of aromatic nitrogens is 1. The van der Waals surface area contributed by atoms with Gasteiger partial charge in [-0.1, -0.05) is 30.3 Å². The van der Waals surface area contributed by atoms with Crippen molar-refractivity contribution < 1.29 is 4.74 Å². The van der Waals surface area contributed by atoms with Gasteiger partial charge in [-0.3, -0.25) is 9.98 Å². The minimum atomic E-state index is 0.290. The second kappa shape index (κ2) is 11.9. The van der Waals surface area contributed by atoms with Crippen LogP contribution in [0.3, 0.4) is 0 Å². The van der Waals surface area contributed by atoms with E-state index < -0.39 is 0 Å². The topological polar surface area (TPSA) is 84.6 Å². The second-order valence-corrected chi connectivity index (χ2v) is 6.01. The number of aliphatic imine (C=N–C) groups is 1. The largest absolute Gasteiger partial charge is 0.379 e. The molecule has 26 heavy (non-hydrogen) atoms. The van der Waals surface area contributed by atoms with Gasteiger partial charge in [0, 0.05) is 18.9 Å². The Morgan fingerprint density at radius 1 is 1.04 bits per heavy atom. The van der Waals surface area contributed by atoms with Gasteiger partial charge in [-0.15, -0.1) is 0 Å². The summed E-state index contributed by atoms with van der Waals surface area (Å²) in [7, 11) is 0. The first-order valence-corrected chi connectivity index (χ1v) is 9.00. The Bertz CT molecular complexity index is 679. The van der Waals surface area contributed by atoms with E-state index in [2.05, 4.69) is 32.7 Å². The molecule has 0 radical (unpaired) electrons. The highest BCUT2D eigenvalue weighted by Crippen LogP contribution is 1.99. The third-order valence-electron chi connectivity index (χ3n) is 3.59. The molecule has 2 aromatic rings. The first-order chi connectivity index (χ1) is 12.7. The Labute approximate surface area is 159 Å². The Kier molecular flexibility index (Phi) is 9.10. The summed E-state index contributed by atoms with van der Waals surface area (Å²) < 4.78 is 5.56. The fourth-order valence-corrected chi connectivity index (χ4v) is 2.44. The summed E-state index contributed by atoms with van der Waals surface area (Å²) in [6.07, 6.45) is 5.30. The number of ether oxygens (including phenoxy) is 1. The quantitative estimate of drug-likeness (QED) is 0.269. The van der Waals surface area contributed by atoms with Crippen molar-refractivity contribution in [3.63, 3.8) is 0 Å². The number of rotatable bonds is 9. The Hall–Kier alpha value is -2.51. The highest BCUT2D eigenvalue weighted by atomic mass is 32.1. The van der Waals surface area contributed by atoms with Crippen LogP contribution in [0.4, 0.5) is 0 Å². The van der Waals surface area contributed by atoms with Gasteiger partial charge in [-0.25, -0.2) is 0 Å². The maximum Gasteiger partial charge on any atom is 0.194 e. The third kappa shape index (κ3) is 8.55. The molecule has 1 heterocycles. The van der Waals surface area contributed by atoms with Gasteiger partial charge in [0.2, 0.25) is 0 Å². The Morgan fingerprint density at radius 2 is 1.77 bits per heavy atom. The standard InChI is InChI=1S/C19H25N5OS/c20-18(22-13-15-25-14-9-16-4-2-1-3-5-16)24-19(26)23-12-8-17-6-10-21-11-7-17/h1-7,10-11H,8-9,12-15H2,(H4,20,22,23,24,26). The molecule has 0 saturated heterocycles. The van der Waals surface area contributed by atoms with Gasteiger partial charge < -0.3 is 21.1 Å². The molecule has 4 N–H and O–H groups in total. The molecule has 138 valence electrons. The molecule has 0 fully saturated rings. The number of pyridine rings is 1. The van der Waals surface area contributed by atoms with Gasteiger partial charge in [0.25, 0.3) is 0 Å². The number of guanidine groups is 1. The summed E-state index contributed by atoms with van der Waals surface area (Å²) >= 11 is 5.19. The molecular weight excluding hydrogens is 346 g/mol. The lowest BCUT2D eigenvalue weighted by Crippen LogP contribution is -2.43. The van der Waals surface area contributed by atoms with E-state index in [4.69, 9.17) is 22.7 Å². The van der Waals surface area contributed by atoms with Crippen LogP contribution in [-0.4, -0.2) is 42.4 Å². The third-order valence-corrected chi connectivity index (χ3v) is 3.83. The van der Waals surface area contributed by atoms with Crippen molar-refractivity contribution in [3.8, 4) is 0 Å². The zero-order chi connectivity index (χ0) is 18.5. The highest BCUT2D eigenvalue weighted by Gasteiger charge is 1.99. The van der Waals surface area contributed by atoms with Crippen LogP contribution in [-0.2, 0) is 17.6 Å². The molecule has 0 bridgehead atoms. The van der Waals surface area contributed by atoms with Gasteiger partial charge in [-0.05, 0) is 48.3 Å². The molecule has 0 aliphatic rings. The predicted octanol–water partition coefficient (Wildman–Crippen LogP) is 1.66. The van der Waals surface area contributed by atoms with E-state index in [-0.39, 0.29) is 5.96 Å². The van der Waals surface area contributed by atoms with Crippen LogP contribution in [0.15, 0.2) is 59.9 Å². The van der Waals surface area contributed by atoms with Crippen molar-refractivity contribution in [2.45, 2.75) is 12.8 Å². The maximum absolute atomic E-state index is 5.81. The van der Waals surface area contributed by atoms with Crippen LogP contribution in [0.1, 0.15) is 11.1 Å². The number of hydrogen-bond donors (Lipinski definition) is 3. The summed E-state index contributed by atoms with van der Waals surface area (Å²) in [5.74, 6) is 0.290. The molecule has 1 aromatic carbocycles. The molecule has 0 unspecified atom stereocenters. The number of nitrogens with one attached hydrogen (secondary N) is 2. The van der Waals surface area contributed by atoms with Crippen LogP contribution in [0.25, 0.3) is 0 Å². The summed E-state index contributed by atoms with van der Waals surface area (Å²) in [4.78, 5) is 8.19. The molecule has 0 spiro atoms. The molecule has 0 amide bonds. The van der Waals surface area contributed by atoms with Gasteiger partial charge in [0.05, 0.1) is 19.8 Å². The van der Waals surface area contributed by atoms with Crippen molar-refractivity contribution in [1.82, 2.24) is 15.6 Å². The smallest absolute Gasteiger partial charge is 0.194 e. The number of benzene rings is 1. The van der Waals surface area contributed by atoms with E-state index in [1.165, 1.54) is 11.1 Å². The van der Waals surface area contributed by atoms with Crippen LogP contribution in [0.5, 0.6) is 0 Å². The van der Waals surface area contributed by atoms with Crippen molar-refractivity contribution >= 4 is 23.3 Å². The first-order valence-electron chi connectivity index (χ1n) is 8.59. The normalized spacial score (nSPS) is 11.2. The molecule has 1 aromatic heterocycles. The number of thiocarbonyl (C=S) groups is 1. The minimum Gasteiger partial charge on any atom is -0.379 e. The molecule has 0 saturated carbocycles. The first kappa shape index (κ1) is 19.8. The Morgan fingerprint density at radius 3 is 2.54 bits per heavy atom. The van der Waals surface area contributed by atoms with Crippen LogP contribution in [0, 0.1) is 0 Å². The second-order valence-electron chi connectivity index (χ2n) is 5.60. The molecule has 2 rings (SSSR count). The van der Waals surface area contributed by atoms with Gasteiger partial charge >= 0.3 is 0 Å². The van der Waals surface area contributed by atoms with Crippen LogP contribution < -0.4 is 16.4 Å². The maximum atomic E-state index is 5.81. The molecule has 7 heteroatoms. The van der Waals surface area contributed by atoms with E-state index in [0.717, 1.165) is 12.8 Å². The molecular formula is C19H25N5OS. The summed E-state index contributed by atoms with van der Waals surface area (Å²) in [6, 6.07) is 14.2. The monoisotopic (exact) mass is 371 g/mol. The SMILES string of the molecule is NC(=NCCOCCc1ccccc1)NC(=S)NCCc1ccncc1. The zero-order valence-corrected chi connectivity index (χ0v) is 15.5. The zero-order valence-electron chi connectivity index (χ0n) is 14.7. The highest BCUT2D eigenvalue weighted by molar-refractivity contribution is 7.80. The molecule has 6 nitrogen and oxygen atoms in total. The van der Waals surface area contributed by atoms with E-state index >= 15 is 0 Å². The van der Waals surface area contributed by atoms with Crippen molar-refractivity contribution in [1.29, 1.82) is 0 Å². The fourth-order valence-electron chi connectivity index (χ4n) is 2.24. The van der Waals surface area contributed by atoms with Crippen molar-refractivity contribution in [2.24, 2.45) is 10.7 Å². The van der Waals surface area contributed by atoms with Crippen LogP contribution in [0.2, 0.25) is 0 Å². The summed E-state index contributed by atoms with van der Waals surface area (Å²) in [5, 5.41) is 6.43. The van der Waals surface area contributed by atoms with Crippen molar-refractivity contribution in [2.75, 3.05) is 26.3 Å². The Balaban J connectivity index is 1.52. The van der Waals surface area contributed by atoms with E-state index in [1.807, 2.05) is 30.3 Å². The van der Waals surface area contributed by atoms with Crippen molar-refractivity contribution in [3.05, 3.63) is 66.0 Å². The van der Waals surface area contributed by atoms with E-state index in [1.54, 1.807) is 12.4 Å². The van der Waals surface area contributed by atoms with E-state index in [0.29, 0.717) is 31.4 Å². The lowest BCUT2D eigenvalue weighted by Gasteiger charge is -2.10. The predicted molar refractivity (Wildman–Crippen MR) is 109 cm³/mol. The molecule has 0 aliphatic carbocycles. The van der Waals surface area contributed by atoms with Gasteiger partial charge in [-0.2, -0.15) is 0 Å². The average Bonchev–Trinajstić information content (AvgIpc) is 2.66. The summed E-state index contributed by atoms with van der Waals surface area (Å²) in [6.45, 7) is 2.40. The lowest BCUT2D eigenvalue weighted by atomic mass is 10.2. The van der Waals surface area contributed by atoms with Gasteiger partial charge in [0.15, 0.2) is 11.1 Å². The summed E-state index contributed by atoms with van der Waals surface area (Å²) in [5.41, 5.74) is 8.27. The molecule has 0 atom stereocenters. The van der Waals surface area contributed by atoms with Crippen LogP contribution >= 0.6 is 12.2 Å². The van der Waals surface area contributed by atoms with E-state index in [9.17, 15) is 0 Å².